The highest BCUT2D eigenvalue weighted by Crippen LogP contribution is 2.36. The molecule has 2 aromatic heterocycles. The van der Waals surface area contributed by atoms with Crippen LogP contribution in [0.25, 0.3) is 11.6 Å². The van der Waals surface area contributed by atoms with E-state index in [1.165, 1.54) is 6.07 Å². The Morgan fingerprint density at radius 2 is 2.00 bits per heavy atom. The molecule has 1 aliphatic carbocycles. The second-order valence-electron chi connectivity index (χ2n) is 5.73. The van der Waals surface area contributed by atoms with Gasteiger partial charge in [-0.15, -0.1) is 0 Å². The zero-order chi connectivity index (χ0) is 16.4. The molecule has 0 saturated heterocycles. The van der Waals surface area contributed by atoms with Gasteiger partial charge in [-0.1, -0.05) is 48.1 Å². The van der Waals surface area contributed by atoms with Crippen LogP contribution < -0.4 is 0 Å². The van der Waals surface area contributed by atoms with Crippen molar-refractivity contribution in [2.75, 3.05) is 0 Å². The zero-order valence-electron chi connectivity index (χ0n) is 12.8. The Kier molecular flexibility index (Phi) is 4.97. The van der Waals surface area contributed by atoms with Gasteiger partial charge < -0.3 is 4.52 Å². The number of hydrogen-bond donors (Lipinski definition) is 0. The molecule has 0 bridgehead atoms. The molecular weight excluding hydrogens is 337 g/mol. The van der Waals surface area contributed by atoms with E-state index in [1.54, 1.807) is 0 Å². The molecule has 0 amide bonds. The molecule has 0 N–H and O–H groups in total. The lowest BCUT2D eigenvalue weighted by Crippen LogP contribution is -2.18. The van der Waals surface area contributed by atoms with E-state index in [0.717, 1.165) is 43.4 Å². The van der Waals surface area contributed by atoms with E-state index < -0.39 is 0 Å². The molecule has 0 spiro atoms. The minimum Gasteiger partial charge on any atom is -0.352 e. The fourth-order valence-electron chi connectivity index (χ4n) is 3.03. The zero-order valence-corrected chi connectivity index (χ0v) is 14.3. The summed E-state index contributed by atoms with van der Waals surface area (Å²) in [6.45, 7) is 2.06. The van der Waals surface area contributed by atoms with Crippen molar-refractivity contribution in [3.8, 4) is 11.6 Å². The average Bonchev–Trinajstić information content (AvgIpc) is 2.91. The number of Topliss-reactive ketones (excluding diaryl/α,β-unsaturated/α-hetero) is 1. The van der Waals surface area contributed by atoms with Gasteiger partial charge in [0.1, 0.15) is 16.1 Å². The molecular formula is C16H17Cl2N3O2. The standard InChI is InChI=1S/C16H17Cl2N3O2/c1-2-5-10-14(9-6-3-4-7-11(9)22)21-23-15(10)16-19-12(17)8-13(18)20-16/h8-9H,2-7H2,1H3/t9-/m0/s1. The summed E-state index contributed by atoms with van der Waals surface area (Å²) in [7, 11) is 0. The molecule has 0 radical (unpaired) electrons. The SMILES string of the molecule is CCCc1c([C@H]2CCCCC2=O)noc1-c1nc(Cl)cc(Cl)n1. The molecule has 0 aromatic carbocycles. The van der Waals surface area contributed by atoms with E-state index in [-0.39, 0.29) is 22.0 Å². The molecule has 23 heavy (non-hydrogen) atoms. The predicted molar refractivity (Wildman–Crippen MR) is 87.8 cm³/mol. The van der Waals surface area contributed by atoms with Gasteiger partial charge in [0.2, 0.25) is 11.6 Å². The minimum absolute atomic E-state index is 0.183. The molecule has 1 aliphatic rings. The van der Waals surface area contributed by atoms with E-state index in [4.69, 9.17) is 27.7 Å². The Labute approximate surface area is 144 Å². The number of halogens is 2. The van der Waals surface area contributed by atoms with Crippen molar-refractivity contribution < 1.29 is 9.32 Å². The van der Waals surface area contributed by atoms with Crippen LogP contribution in [0.1, 0.15) is 56.2 Å². The van der Waals surface area contributed by atoms with Gasteiger partial charge >= 0.3 is 0 Å². The highest BCUT2D eigenvalue weighted by atomic mass is 35.5. The lowest BCUT2D eigenvalue weighted by Gasteiger charge is -2.19. The normalized spacial score (nSPS) is 18.4. The van der Waals surface area contributed by atoms with Crippen molar-refractivity contribution >= 4 is 29.0 Å². The smallest absolute Gasteiger partial charge is 0.207 e. The van der Waals surface area contributed by atoms with Gasteiger partial charge in [-0.05, 0) is 19.3 Å². The van der Waals surface area contributed by atoms with E-state index in [2.05, 4.69) is 22.0 Å². The summed E-state index contributed by atoms with van der Waals surface area (Å²) < 4.78 is 5.50. The van der Waals surface area contributed by atoms with Crippen LogP contribution in [0.5, 0.6) is 0 Å². The van der Waals surface area contributed by atoms with Crippen LogP contribution in [0, 0.1) is 0 Å². The lowest BCUT2D eigenvalue weighted by atomic mass is 9.83. The Bertz CT molecular complexity index is 710. The van der Waals surface area contributed by atoms with Gasteiger partial charge in [0, 0.05) is 18.1 Å². The van der Waals surface area contributed by atoms with Crippen LogP contribution in [0.3, 0.4) is 0 Å². The maximum absolute atomic E-state index is 12.3. The molecule has 7 heteroatoms. The fraction of sp³-hybridized carbons (Fsp3) is 0.500. The molecule has 0 unspecified atom stereocenters. The second-order valence-corrected chi connectivity index (χ2v) is 6.50. The van der Waals surface area contributed by atoms with Crippen LogP contribution in [-0.4, -0.2) is 20.9 Å². The quantitative estimate of drug-likeness (QED) is 0.750. The molecule has 3 rings (SSSR count). The van der Waals surface area contributed by atoms with Crippen molar-refractivity contribution in [2.45, 2.75) is 51.4 Å². The third kappa shape index (κ3) is 3.40. The number of carbonyl (C=O) groups excluding carboxylic acids is 1. The van der Waals surface area contributed by atoms with Gasteiger partial charge in [-0.25, -0.2) is 9.97 Å². The lowest BCUT2D eigenvalue weighted by molar-refractivity contribution is -0.122. The Balaban J connectivity index is 2.06. The maximum Gasteiger partial charge on any atom is 0.207 e. The Morgan fingerprint density at radius 1 is 1.26 bits per heavy atom. The first-order valence-electron chi connectivity index (χ1n) is 7.81. The largest absolute Gasteiger partial charge is 0.352 e. The summed E-state index contributed by atoms with van der Waals surface area (Å²) >= 11 is 11.9. The first-order chi connectivity index (χ1) is 11.1. The van der Waals surface area contributed by atoms with Gasteiger partial charge in [0.05, 0.1) is 11.6 Å². The van der Waals surface area contributed by atoms with Gasteiger partial charge in [-0.3, -0.25) is 4.79 Å². The van der Waals surface area contributed by atoms with Crippen molar-refractivity contribution in [3.05, 3.63) is 27.6 Å². The molecule has 122 valence electrons. The van der Waals surface area contributed by atoms with E-state index >= 15 is 0 Å². The van der Waals surface area contributed by atoms with Crippen molar-refractivity contribution in [1.82, 2.24) is 15.1 Å². The molecule has 1 fully saturated rings. The summed E-state index contributed by atoms with van der Waals surface area (Å²) in [5, 5.41) is 4.67. The Morgan fingerprint density at radius 3 is 2.65 bits per heavy atom. The summed E-state index contributed by atoms with van der Waals surface area (Å²) in [4.78, 5) is 20.6. The predicted octanol–water partition coefficient (Wildman–Crippen LogP) is 4.62. The number of carbonyl (C=O) groups is 1. The van der Waals surface area contributed by atoms with Crippen molar-refractivity contribution in [1.29, 1.82) is 0 Å². The van der Waals surface area contributed by atoms with Gasteiger partial charge in [0.25, 0.3) is 0 Å². The van der Waals surface area contributed by atoms with Crippen LogP contribution >= 0.6 is 23.2 Å². The Hall–Kier alpha value is -1.46. The number of nitrogens with zero attached hydrogens (tertiary/aromatic N) is 3. The summed E-state index contributed by atoms with van der Waals surface area (Å²) in [5.74, 6) is 0.827. The number of aromatic nitrogens is 3. The second kappa shape index (κ2) is 6.97. The molecule has 2 heterocycles. The third-order valence-electron chi connectivity index (χ3n) is 4.07. The minimum atomic E-state index is -0.183. The van der Waals surface area contributed by atoms with Crippen molar-refractivity contribution in [2.24, 2.45) is 0 Å². The van der Waals surface area contributed by atoms with Crippen LogP contribution in [-0.2, 0) is 11.2 Å². The average molecular weight is 354 g/mol. The fourth-order valence-corrected chi connectivity index (χ4v) is 3.45. The number of ketones is 1. The molecule has 1 saturated carbocycles. The summed E-state index contributed by atoms with van der Waals surface area (Å²) in [6, 6.07) is 1.47. The summed E-state index contributed by atoms with van der Waals surface area (Å²) in [6.07, 6.45) is 5.05. The molecule has 0 aliphatic heterocycles. The number of rotatable bonds is 4. The van der Waals surface area contributed by atoms with E-state index in [1.807, 2.05) is 0 Å². The van der Waals surface area contributed by atoms with Crippen LogP contribution in [0.15, 0.2) is 10.6 Å². The molecule has 2 aromatic rings. The third-order valence-corrected chi connectivity index (χ3v) is 4.46. The first-order valence-corrected chi connectivity index (χ1v) is 8.57. The molecule has 5 nitrogen and oxygen atoms in total. The van der Waals surface area contributed by atoms with Gasteiger partial charge in [0.15, 0.2) is 0 Å². The van der Waals surface area contributed by atoms with Crippen LogP contribution in [0.4, 0.5) is 0 Å². The van der Waals surface area contributed by atoms with Crippen LogP contribution in [0.2, 0.25) is 10.3 Å². The number of hydrogen-bond acceptors (Lipinski definition) is 5. The highest BCUT2D eigenvalue weighted by Gasteiger charge is 2.31. The van der Waals surface area contributed by atoms with E-state index in [0.29, 0.717) is 18.0 Å². The van der Waals surface area contributed by atoms with Crippen molar-refractivity contribution in [3.63, 3.8) is 0 Å². The summed E-state index contributed by atoms with van der Waals surface area (Å²) in [5.41, 5.74) is 1.62. The monoisotopic (exact) mass is 353 g/mol. The molecule has 1 atom stereocenters. The van der Waals surface area contributed by atoms with E-state index in [9.17, 15) is 4.79 Å². The highest BCUT2D eigenvalue weighted by molar-refractivity contribution is 6.33. The topological polar surface area (TPSA) is 68.9 Å². The first kappa shape index (κ1) is 16.4. The maximum atomic E-state index is 12.3. The van der Waals surface area contributed by atoms with Gasteiger partial charge in [-0.2, -0.15) is 0 Å².